The van der Waals surface area contributed by atoms with Crippen LogP contribution < -0.4 is 18.9 Å². The van der Waals surface area contributed by atoms with Crippen LogP contribution in [0.5, 0.6) is 23.0 Å². The number of nitro groups is 1. The lowest BCUT2D eigenvalue weighted by Crippen LogP contribution is -1.96. The Morgan fingerprint density at radius 2 is 1.50 bits per heavy atom. The lowest BCUT2D eigenvalue weighted by molar-refractivity contribution is -0.385. The third-order valence-corrected chi connectivity index (χ3v) is 3.90. The van der Waals surface area contributed by atoms with Gasteiger partial charge in [-0.15, -0.1) is 0 Å². The topological polar surface area (TPSA) is 80.1 Å². The van der Waals surface area contributed by atoms with Crippen molar-refractivity contribution in [2.24, 2.45) is 0 Å². The smallest absolute Gasteiger partial charge is 0.311 e. The average molecular weight is 359 g/mol. The SMILES string of the molecule is COc1ccc(/C=C(\C)c2cc(OC)c(OC)c(OC)c2)cc1[N+](=O)[O-]. The summed E-state index contributed by atoms with van der Waals surface area (Å²) in [4.78, 5) is 10.7. The Bertz CT molecular complexity index is 819. The van der Waals surface area contributed by atoms with Crippen LogP contribution in [0.25, 0.3) is 11.6 Å². The molecule has 0 aliphatic rings. The third kappa shape index (κ3) is 3.88. The van der Waals surface area contributed by atoms with E-state index in [4.69, 9.17) is 18.9 Å². The molecule has 0 amide bonds. The normalized spacial score (nSPS) is 11.0. The molecule has 26 heavy (non-hydrogen) atoms. The Balaban J connectivity index is 2.50. The lowest BCUT2D eigenvalue weighted by atomic mass is 10.0. The number of nitrogens with zero attached hydrogens (tertiary/aromatic N) is 1. The number of nitro benzene ring substituents is 1. The van der Waals surface area contributed by atoms with Crippen LogP contribution in [0.1, 0.15) is 18.1 Å². The van der Waals surface area contributed by atoms with E-state index in [0.717, 1.165) is 11.1 Å². The first kappa shape index (κ1) is 19.1. The van der Waals surface area contributed by atoms with E-state index in [1.165, 1.54) is 13.2 Å². The summed E-state index contributed by atoms with van der Waals surface area (Å²) in [6, 6.07) is 8.45. The van der Waals surface area contributed by atoms with Gasteiger partial charge >= 0.3 is 5.69 Å². The summed E-state index contributed by atoms with van der Waals surface area (Å²) >= 11 is 0. The predicted octanol–water partition coefficient (Wildman–Crippen LogP) is 4.19. The number of methoxy groups -OCH3 is 4. The number of allylic oxidation sites excluding steroid dienone is 1. The van der Waals surface area contributed by atoms with Gasteiger partial charge < -0.3 is 18.9 Å². The Hall–Kier alpha value is -3.22. The first-order valence-corrected chi connectivity index (χ1v) is 7.76. The minimum absolute atomic E-state index is 0.0843. The molecule has 0 saturated heterocycles. The molecule has 0 spiro atoms. The minimum Gasteiger partial charge on any atom is -0.493 e. The second-order valence-electron chi connectivity index (χ2n) is 5.43. The zero-order valence-corrected chi connectivity index (χ0v) is 15.4. The van der Waals surface area contributed by atoms with Crippen LogP contribution in [0.3, 0.4) is 0 Å². The van der Waals surface area contributed by atoms with Crippen LogP contribution in [0.15, 0.2) is 30.3 Å². The summed E-state index contributed by atoms with van der Waals surface area (Å²) in [7, 11) is 6.04. The van der Waals surface area contributed by atoms with E-state index >= 15 is 0 Å². The fraction of sp³-hybridized carbons (Fsp3) is 0.263. The second-order valence-corrected chi connectivity index (χ2v) is 5.43. The van der Waals surface area contributed by atoms with Gasteiger partial charge in [-0.1, -0.05) is 12.1 Å². The fourth-order valence-corrected chi connectivity index (χ4v) is 2.58. The molecular weight excluding hydrogens is 338 g/mol. The maximum absolute atomic E-state index is 11.2. The van der Waals surface area contributed by atoms with Crippen molar-refractivity contribution in [1.82, 2.24) is 0 Å². The monoisotopic (exact) mass is 359 g/mol. The molecule has 7 nitrogen and oxygen atoms in total. The van der Waals surface area contributed by atoms with Gasteiger partial charge in [0.2, 0.25) is 5.75 Å². The number of ether oxygens (including phenoxy) is 4. The third-order valence-electron chi connectivity index (χ3n) is 3.90. The molecule has 7 heteroatoms. The van der Waals surface area contributed by atoms with E-state index < -0.39 is 4.92 Å². The van der Waals surface area contributed by atoms with E-state index in [-0.39, 0.29) is 11.4 Å². The highest BCUT2D eigenvalue weighted by Crippen LogP contribution is 2.40. The molecule has 0 aromatic heterocycles. The van der Waals surface area contributed by atoms with E-state index in [1.54, 1.807) is 33.5 Å². The molecule has 0 aliphatic heterocycles. The molecule has 0 radical (unpaired) electrons. The van der Waals surface area contributed by atoms with E-state index in [9.17, 15) is 10.1 Å². The van der Waals surface area contributed by atoms with Crippen LogP contribution >= 0.6 is 0 Å². The van der Waals surface area contributed by atoms with Crippen LogP contribution in [-0.2, 0) is 0 Å². The van der Waals surface area contributed by atoms with Gasteiger partial charge in [0.05, 0.1) is 33.4 Å². The van der Waals surface area contributed by atoms with Gasteiger partial charge in [0.15, 0.2) is 17.2 Å². The molecule has 0 N–H and O–H groups in total. The van der Waals surface area contributed by atoms with Crippen LogP contribution in [-0.4, -0.2) is 33.4 Å². The van der Waals surface area contributed by atoms with Crippen molar-refractivity contribution < 1.29 is 23.9 Å². The molecule has 0 fully saturated rings. The molecule has 0 unspecified atom stereocenters. The standard InChI is InChI=1S/C19H21NO6/c1-12(8-13-6-7-16(23-2)15(9-13)20(21)22)14-10-17(24-3)19(26-5)18(11-14)25-4/h6-11H,1-5H3/b12-8+. The number of hydrogen-bond acceptors (Lipinski definition) is 6. The maximum Gasteiger partial charge on any atom is 0.311 e. The number of benzene rings is 2. The van der Waals surface area contributed by atoms with Gasteiger partial charge in [-0.2, -0.15) is 0 Å². The van der Waals surface area contributed by atoms with Crippen molar-refractivity contribution in [3.63, 3.8) is 0 Å². The van der Waals surface area contributed by atoms with E-state index in [2.05, 4.69) is 0 Å². The quantitative estimate of drug-likeness (QED) is 0.419. The average Bonchev–Trinajstić information content (AvgIpc) is 2.66. The van der Waals surface area contributed by atoms with Crippen molar-refractivity contribution in [3.8, 4) is 23.0 Å². The summed E-state index contributed by atoms with van der Waals surface area (Å²) in [5.41, 5.74) is 2.32. The molecule has 0 heterocycles. The summed E-state index contributed by atoms with van der Waals surface area (Å²) in [5.74, 6) is 1.80. The van der Waals surface area contributed by atoms with Crippen molar-refractivity contribution >= 4 is 17.3 Å². The summed E-state index contributed by atoms with van der Waals surface area (Å²) in [5, 5.41) is 11.2. The Morgan fingerprint density at radius 3 is 1.96 bits per heavy atom. The number of rotatable bonds is 7. The largest absolute Gasteiger partial charge is 0.493 e. The van der Waals surface area contributed by atoms with Crippen molar-refractivity contribution in [1.29, 1.82) is 0 Å². The highest BCUT2D eigenvalue weighted by Gasteiger charge is 2.16. The Morgan fingerprint density at radius 1 is 0.923 bits per heavy atom. The van der Waals surface area contributed by atoms with Crippen LogP contribution in [0.2, 0.25) is 0 Å². The predicted molar refractivity (Wildman–Crippen MR) is 99.3 cm³/mol. The van der Waals surface area contributed by atoms with E-state index in [1.807, 2.05) is 25.1 Å². The molecule has 0 bridgehead atoms. The number of hydrogen-bond donors (Lipinski definition) is 0. The van der Waals surface area contributed by atoms with Crippen molar-refractivity contribution in [2.75, 3.05) is 28.4 Å². The Kier molecular flexibility index (Phi) is 6.06. The molecule has 0 atom stereocenters. The maximum atomic E-state index is 11.2. The van der Waals surface area contributed by atoms with Gasteiger partial charge in [0.25, 0.3) is 0 Å². The van der Waals surface area contributed by atoms with Crippen LogP contribution in [0, 0.1) is 10.1 Å². The van der Waals surface area contributed by atoms with Crippen molar-refractivity contribution in [3.05, 3.63) is 51.6 Å². The van der Waals surface area contributed by atoms with Gasteiger partial charge in [0.1, 0.15) is 0 Å². The minimum atomic E-state index is -0.467. The van der Waals surface area contributed by atoms with Crippen LogP contribution in [0.4, 0.5) is 5.69 Å². The van der Waals surface area contributed by atoms with Gasteiger partial charge in [0, 0.05) is 6.07 Å². The van der Waals surface area contributed by atoms with Gasteiger partial charge in [-0.05, 0) is 41.8 Å². The zero-order chi connectivity index (χ0) is 19.3. The fourth-order valence-electron chi connectivity index (χ4n) is 2.58. The molecular formula is C19H21NO6. The lowest BCUT2D eigenvalue weighted by Gasteiger charge is -2.14. The first-order chi connectivity index (χ1) is 12.4. The van der Waals surface area contributed by atoms with E-state index in [0.29, 0.717) is 22.8 Å². The molecule has 0 aliphatic carbocycles. The zero-order valence-electron chi connectivity index (χ0n) is 15.4. The molecule has 2 aromatic carbocycles. The van der Waals surface area contributed by atoms with Crippen molar-refractivity contribution in [2.45, 2.75) is 6.92 Å². The molecule has 0 saturated carbocycles. The van der Waals surface area contributed by atoms with Gasteiger partial charge in [-0.25, -0.2) is 0 Å². The first-order valence-electron chi connectivity index (χ1n) is 7.76. The molecule has 2 aromatic rings. The second kappa shape index (κ2) is 8.24. The molecule has 138 valence electrons. The summed E-state index contributed by atoms with van der Waals surface area (Å²) < 4.78 is 21.1. The Labute approximate surface area is 151 Å². The summed E-state index contributed by atoms with van der Waals surface area (Å²) in [6.45, 7) is 1.90. The highest BCUT2D eigenvalue weighted by atomic mass is 16.6. The molecule has 2 rings (SSSR count). The summed E-state index contributed by atoms with van der Waals surface area (Å²) in [6.07, 6.45) is 1.84. The van der Waals surface area contributed by atoms with Gasteiger partial charge in [-0.3, -0.25) is 10.1 Å². The highest BCUT2D eigenvalue weighted by molar-refractivity contribution is 5.82.